The molecule has 21 heavy (non-hydrogen) atoms. The number of hydrogen-bond acceptors (Lipinski definition) is 5. The van der Waals surface area contributed by atoms with Crippen LogP contribution in [0.25, 0.3) is 0 Å². The molecule has 1 unspecified atom stereocenters. The van der Waals surface area contributed by atoms with E-state index in [-0.39, 0.29) is 27.5 Å². The lowest BCUT2D eigenvalue weighted by Gasteiger charge is -2.13. The summed E-state index contributed by atoms with van der Waals surface area (Å²) in [5, 5.41) is -0.0485. The Morgan fingerprint density at radius 1 is 1.29 bits per heavy atom. The van der Waals surface area contributed by atoms with Gasteiger partial charge < -0.3 is 4.74 Å². The Hall–Kier alpha value is -0.540. The maximum Gasteiger partial charge on any atom is 0.261 e. The topological polar surface area (TPSA) is 89.5 Å². The summed E-state index contributed by atoms with van der Waals surface area (Å²) < 4.78 is 53.9. The number of anilines is 1. The number of rotatable bonds is 5. The fourth-order valence-corrected chi connectivity index (χ4v) is 4.43. The molecule has 0 amide bonds. The van der Waals surface area contributed by atoms with E-state index in [1.165, 1.54) is 12.1 Å². The van der Waals surface area contributed by atoms with E-state index in [4.69, 9.17) is 27.0 Å². The molecule has 1 atom stereocenters. The normalized spacial score (nSPS) is 19.6. The molecule has 1 aromatic rings. The van der Waals surface area contributed by atoms with Crippen molar-refractivity contribution in [2.45, 2.75) is 23.8 Å². The van der Waals surface area contributed by atoms with E-state index in [0.717, 1.165) is 12.5 Å². The molecule has 1 fully saturated rings. The summed E-state index contributed by atoms with van der Waals surface area (Å²) in [5.41, 5.74) is 0.0960. The zero-order valence-corrected chi connectivity index (χ0v) is 13.9. The highest BCUT2D eigenvalue weighted by Crippen LogP contribution is 2.28. The van der Waals surface area contributed by atoms with Crippen molar-refractivity contribution < 1.29 is 21.6 Å². The van der Waals surface area contributed by atoms with Crippen LogP contribution >= 0.6 is 22.3 Å². The maximum absolute atomic E-state index is 12.0. The molecule has 0 radical (unpaired) electrons. The lowest BCUT2D eigenvalue weighted by molar-refractivity contribution is 0.127. The number of halogens is 2. The predicted molar refractivity (Wildman–Crippen MR) is 80.9 cm³/mol. The van der Waals surface area contributed by atoms with Gasteiger partial charge in [0.25, 0.3) is 9.05 Å². The molecular formula is C11H13Cl2NO5S2. The van der Waals surface area contributed by atoms with Gasteiger partial charge in [0.1, 0.15) is 0 Å². The van der Waals surface area contributed by atoms with E-state index in [2.05, 4.69) is 4.72 Å². The summed E-state index contributed by atoms with van der Waals surface area (Å²) >= 11 is 5.88. The highest BCUT2D eigenvalue weighted by molar-refractivity contribution is 8.13. The first kappa shape index (κ1) is 16.8. The van der Waals surface area contributed by atoms with E-state index in [0.29, 0.717) is 13.0 Å². The molecule has 0 aliphatic carbocycles. The smallest absolute Gasteiger partial charge is 0.261 e. The van der Waals surface area contributed by atoms with Crippen molar-refractivity contribution in [1.82, 2.24) is 0 Å². The monoisotopic (exact) mass is 373 g/mol. The summed E-state index contributed by atoms with van der Waals surface area (Å²) in [6.07, 6.45) is 1.20. The zero-order chi connectivity index (χ0) is 15.7. The second-order valence-corrected chi connectivity index (χ2v) is 9.34. The minimum Gasteiger partial charge on any atom is -0.377 e. The van der Waals surface area contributed by atoms with Crippen molar-refractivity contribution in [2.75, 3.05) is 17.1 Å². The zero-order valence-electron chi connectivity index (χ0n) is 10.8. The van der Waals surface area contributed by atoms with Crippen LogP contribution in [-0.4, -0.2) is 35.3 Å². The van der Waals surface area contributed by atoms with Crippen LogP contribution in [0.15, 0.2) is 23.1 Å². The Bertz CT molecular complexity index is 727. The second kappa shape index (κ2) is 6.29. The Kier molecular flexibility index (Phi) is 5.04. The first-order chi connectivity index (χ1) is 9.67. The van der Waals surface area contributed by atoms with Crippen molar-refractivity contribution in [3.05, 3.63) is 23.2 Å². The van der Waals surface area contributed by atoms with Crippen molar-refractivity contribution in [3.63, 3.8) is 0 Å². The van der Waals surface area contributed by atoms with Crippen LogP contribution in [0.2, 0.25) is 5.02 Å². The van der Waals surface area contributed by atoms with Gasteiger partial charge in [-0.15, -0.1) is 0 Å². The van der Waals surface area contributed by atoms with Crippen molar-refractivity contribution >= 4 is 47.0 Å². The third-order valence-corrected chi connectivity index (χ3v) is 5.92. The lowest BCUT2D eigenvalue weighted by atomic mass is 10.3. The van der Waals surface area contributed by atoms with Gasteiger partial charge in [-0.1, -0.05) is 11.6 Å². The Morgan fingerprint density at radius 2 is 2.00 bits per heavy atom. The predicted octanol–water partition coefficient (Wildman–Crippen LogP) is 2.19. The molecule has 1 N–H and O–H groups in total. The fourth-order valence-electron chi connectivity index (χ4n) is 1.96. The molecule has 0 bridgehead atoms. The molecular weight excluding hydrogens is 361 g/mol. The molecule has 1 saturated heterocycles. The van der Waals surface area contributed by atoms with Gasteiger partial charge in [0.2, 0.25) is 10.0 Å². The van der Waals surface area contributed by atoms with Crippen LogP contribution < -0.4 is 4.72 Å². The van der Waals surface area contributed by atoms with E-state index < -0.39 is 19.1 Å². The van der Waals surface area contributed by atoms with Gasteiger partial charge in [0, 0.05) is 17.3 Å². The van der Waals surface area contributed by atoms with Crippen molar-refractivity contribution in [2.24, 2.45) is 0 Å². The lowest BCUT2D eigenvalue weighted by Crippen LogP contribution is -2.25. The van der Waals surface area contributed by atoms with Crippen LogP contribution in [-0.2, 0) is 23.8 Å². The fraction of sp³-hybridized carbons (Fsp3) is 0.455. The number of sulfonamides is 1. The molecule has 0 spiro atoms. The summed E-state index contributed by atoms with van der Waals surface area (Å²) in [7, 11) is -2.36. The molecule has 1 aromatic carbocycles. The largest absolute Gasteiger partial charge is 0.377 e. The number of benzene rings is 1. The molecule has 1 heterocycles. The maximum atomic E-state index is 12.0. The molecule has 0 aromatic heterocycles. The highest BCUT2D eigenvalue weighted by atomic mass is 35.7. The summed E-state index contributed by atoms with van der Waals surface area (Å²) in [5.74, 6) is -0.168. The first-order valence-corrected chi connectivity index (χ1v) is 10.4. The average molecular weight is 374 g/mol. The molecule has 118 valence electrons. The van der Waals surface area contributed by atoms with E-state index >= 15 is 0 Å². The third-order valence-electron chi connectivity index (χ3n) is 2.92. The first-order valence-electron chi connectivity index (χ1n) is 6.04. The van der Waals surface area contributed by atoms with Crippen LogP contribution in [0, 0.1) is 0 Å². The van der Waals surface area contributed by atoms with Crippen LogP contribution in [0.4, 0.5) is 5.69 Å². The molecule has 0 saturated carbocycles. The molecule has 10 heteroatoms. The number of nitrogens with one attached hydrogen (secondary N) is 1. The summed E-state index contributed by atoms with van der Waals surface area (Å²) in [6, 6.07) is 3.52. The molecule has 1 aliphatic heterocycles. The Balaban J connectivity index is 2.15. The van der Waals surface area contributed by atoms with Crippen molar-refractivity contribution in [1.29, 1.82) is 0 Å². The van der Waals surface area contributed by atoms with Gasteiger partial charge in [-0.2, -0.15) is 0 Å². The summed E-state index contributed by atoms with van der Waals surface area (Å²) in [4.78, 5) is -0.198. The van der Waals surface area contributed by atoms with Gasteiger partial charge in [-0.3, -0.25) is 4.72 Å². The van der Waals surface area contributed by atoms with Crippen LogP contribution in [0.1, 0.15) is 12.8 Å². The van der Waals surface area contributed by atoms with Gasteiger partial charge in [-0.05, 0) is 31.0 Å². The number of ether oxygens (including phenoxy) is 1. The van der Waals surface area contributed by atoms with Gasteiger partial charge in [-0.25, -0.2) is 16.8 Å². The standard InChI is InChI=1S/C11H13Cl2NO5S2/c12-10-6-9(21(13,17)18)3-4-11(10)14-20(15,16)7-8-2-1-5-19-8/h3-4,6,8,14H,1-2,5,7H2. The molecule has 6 nitrogen and oxygen atoms in total. The van der Waals surface area contributed by atoms with Gasteiger partial charge in [0.05, 0.1) is 27.5 Å². The minimum atomic E-state index is -3.91. The van der Waals surface area contributed by atoms with Gasteiger partial charge in [0.15, 0.2) is 0 Å². The quantitative estimate of drug-likeness (QED) is 0.798. The molecule has 1 aliphatic rings. The second-order valence-electron chi connectivity index (χ2n) is 4.60. The van der Waals surface area contributed by atoms with E-state index in [1.54, 1.807) is 0 Å². The van der Waals surface area contributed by atoms with E-state index in [1.807, 2.05) is 0 Å². The van der Waals surface area contributed by atoms with E-state index in [9.17, 15) is 16.8 Å². The van der Waals surface area contributed by atoms with Crippen molar-refractivity contribution in [3.8, 4) is 0 Å². The highest BCUT2D eigenvalue weighted by Gasteiger charge is 2.24. The summed E-state index contributed by atoms with van der Waals surface area (Å²) in [6.45, 7) is 0.559. The minimum absolute atomic E-state index is 0.0485. The van der Waals surface area contributed by atoms with Crippen LogP contribution in [0.3, 0.4) is 0 Å². The van der Waals surface area contributed by atoms with Gasteiger partial charge >= 0.3 is 0 Å². The Morgan fingerprint density at radius 3 is 2.52 bits per heavy atom. The molecule has 2 rings (SSSR count). The Labute approximate surface area is 132 Å². The van der Waals surface area contributed by atoms with Crippen LogP contribution in [0.5, 0.6) is 0 Å². The average Bonchev–Trinajstić information content (AvgIpc) is 2.82. The number of hydrogen-bond donors (Lipinski definition) is 1. The third kappa shape index (κ3) is 4.72. The SMILES string of the molecule is O=S(=O)(CC1CCCO1)Nc1ccc(S(=O)(=O)Cl)cc1Cl.